The minimum Gasteiger partial charge on any atom is -0.355 e. The van der Waals surface area contributed by atoms with E-state index in [-0.39, 0.29) is 24.4 Å². The van der Waals surface area contributed by atoms with Gasteiger partial charge in [0.05, 0.1) is 12.6 Å². The highest BCUT2D eigenvalue weighted by Crippen LogP contribution is 2.18. The molecule has 1 aromatic rings. The summed E-state index contributed by atoms with van der Waals surface area (Å²) in [6, 6.07) is -0.242. The molecule has 1 aromatic heterocycles. The number of nitrogens with one attached hydrogen (secondary N) is 2. The first kappa shape index (κ1) is 17.8. The summed E-state index contributed by atoms with van der Waals surface area (Å²) in [6.45, 7) is 5.12. The zero-order chi connectivity index (χ0) is 16.8. The van der Waals surface area contributed by atoms with Gasteiger partial charge in [0.25, 0.3) is 0 Å². The highest BCUT2D eigenvalue weighted by molar-refractivity contribution is 7.15. The summed E-state index contributed by atoms with van der Waals surface area (Å²) in [6.07, 6.45) is 3.62. The molecule has 8 heteroatoms. The van der Waals surface area contributed by atoms with Crippen LogP contribution in [0.4, 0.5) is 5.13 Å². The van der Waals surface area contributed by atoms with Crippen molar-refractivity contribution in [2.24, 2.45) is 5.92 Å². The number of aromatic nitrogens is 2. The van der Waals surface area contributed by atoms with Crippen LogP contribution in [-0.4, -0.2) is 53.1 Å². The second-order valence-corrected chi connectivity index (χ2v) is 7.43. The molecule has 2 rings (SSSR count). The molecule has 128 valence electrons. The molecule has 0 aliphatic carbocycles. The predicted octanol–water partition coefficient (Wildman–Crippen LogP) is 1.28. The molecule has 1 unspecified atom stereocenters. The monoisotopic (exact) mass is 339 g/mol. The first-order chi connectivity index (χ1) is 11.0. The van der Waals surface area contributed by atoms with E-state index in [2.05, 4.69) is 34.7 Å². The highest BCUT2D eigenvalue weighted by atomic mass is 32.1. The Morgan fingerprint density at radius 1 is 1.43 bits per heavy atom. The van der Waals surface area contributed by atoms with Crippen LogP contribution in [0.5, 0.6) is 0 Å². The SMILES string of the molecule is CC(C)Cc1nnc(NC(=O)CN(C)C2CCCCNC2=O)s1. The lowest BCUT2D eigenvalue weighted by Gasteiger charge is -2.24. The third kappa shape index (κ3) is 5.54. The van der Waals surface area contributed by atoms with Crippen molar-refractivity contribution in [3.05, 3.63) is 5.01 Å². The van der Waals surface area contributed by atoms with E-state index in [0.29, 0.717) is 11.0 Å². The summed E-state index contributed by atoms with van der Waals surface area (Å²) in [7, 11) is 1.80. The molecule has 0 aromatic carbocycles. The van der Waals surface area contributed by atoms with Crippen molar-refractivity contribution in [1.29, 1.82) is 0 Å². The summed E-state index contributed by atoms with van der Waals surface area (Å²) in [5.74, 6) is 0.344. The van der Waals surface area contributed by atoms with E-state index in [1.165, 1.54) is 11.3 Å². The number of amides is 2. The minimum absolute atomic E-state index is 0.00735. The van der Waals surface area contributed by atoms with Crippen LogP contribution < -0.4 is 10.6 Å². The Kier molecular flexibility index (Phi) is 6.47. The third-order valence-corrected chi connectivity index (χ3v) is 4.59. The molecule has 2 N–H and O–H groups in total. The number of rotatable bonds is 6. The van der Waals surface area contributed by atoms with Crippen LogP contribution >= 0.6 is 11.3 Å². The molecule has 0 radical (unpaired) electrons. The smallest absolute Gasteiger partial charge is 0.240 e. The van der Waals surface area contributed by atoms with Crippen LogP contribution in [-0.2, 0) is 16.0 Å². The van der Waals surface area contributed by atoms with Gasteiger partial charge >= 0.3 is 0 Å². The molecular formula is C15H25N5O2S. The van der Waals surface area contributed by atoms with Gasteiger partial charge in [-0.05, 0) is 32.2 Å². The first-order valence-electron chi connectivity index (χ1n) is 8.06. The Morgan fingerprint density at radius 2 is 2.22 bits per heavy atom. The number of carbonyl (C=O) groups excluding carboxylic acids is 2. The van der Waals surface area contributed by atoms with Gasteiger partial charge in [0.1, 0.15) is 5.01 Å². The van der Waals surface area contributed by atoms with E-state index >= 15 is 0 Å². The summed E-state index contributed by atoms with van der Waals surface area (Å²) in [5.41, 5.74) is 0. The zero-order valence-electron chi connectivity index (χ0n) is 14.0. The second-order valence-electron chi connectivity index (χ2n) is 6.36. The summed E-state index contributed by atoms with van der Waals surface area (Å²) >= 11 is 1.40. The second kappa shape index (κ2) is 8.35. The number of hydrogen-bond acceptors (Lipinski definition) is 6. The van der Waals surface area contributed by atoms with Gasteiger partial charge in [0.2, 0.25) is 16.9 Å². The molecule has 2 heterocycles. The van der Waals surface area contributed by atoms with Crippen LogP contribution in [0.25, 0.3) is 0 Å². The fourth-order valence-corrected chi connectivity index (χ4v) is 3.54. The molecule has 2 amide bonds. The molecular weight excluding hydrogens is 314 g/mol. The molecule has 1 saturated heterocycles. The zero-order valence-corrected chi connectivity index (χ0v) is 14.8. The molecule has 1 atom stereocenters. The van der Waals surface area contributed by atoms with Crippen molar-refractivity contribution < 1.29 is 9.59 Å². The first-order valence-corrected chi connectivity index (χ1v) is 8.87. The summed E-state index contributed by atoms with van der Waals surface area (Å²) in [4.78, 5) is 25.9. The molecule has 7 nitrogen and oxygen atoms in total. The van der Waals surface area contributed by atoms with Crippen molar-refractivity contribution in [1.82, 2.24) is 20.4 Å². The Hall–Kier alpha value is -1.54. The van der Waals surface area contributed by atoms with E-state index in [9.17, 15) is 9.59 Å². The fraction of sp³-hybridized carbons (Fsp3) is 0.733. The van der Waals surface area contributed by atoms with Gasteiger partial charge in [-0.3, -0.25) is 19.8 Å². The van der Waals surface area contributed by atoms with Crippen molar-refractivity contribution in [3.8, 4) is 0 Å². The van der Waals surface area contributed by atoms with Gasteiger partial charge in [-0.25, -0.2) is 0 Å². The number of anilines is 1. The predicted molar refractivity (Wildman–Crippen MR) is 90.4 cm³/mol. The maximum atomic E-state index is 12.1. The molecule has 0 saturated carbocycles. The van der Waals surface area contributed by atoms with E-state index in [0.717, 1.165) is 37.2 Å². The Labute approximate surface area is 140 Å². The normalized spacial score (nSPS) is 18.8. The van der Waals surface area contributed by atoms with Gasteiger partial charge in [-0.15, -0.1) is 10.2 Å². The Balaban J connectivity index is 1.85. The molecule has 1 fully saturated rings. The van der Waals surface area contributed by atoms with Crippen LogP contribution in [0.15, 0.2) is 0 Å². The topological polar surface area (TPSA) is 87.2 Å². The van der Waals surface area contributed by atoms with Crippen LogP contribution in [0.1, 0.15) is 38.1 Å². The maximum Gasteiger partial charge on any atom is 0.240 e. The van der Waals surface area contributed by atoms with Crippen molar-refractivity contribution in [2.45, 2.75) is 45.6 Å². The van der Waals surface area contributed by atoms with Crippen molar-refractivity contribution >= 4 is 28.3 Å². The Bertz CT molecular complexity index is 546. The highest BCUT2D eigenvalue weighted by Gasteiger charge is 2.26. The number of likely N-dealkylation sites (N-methyl/N-ethyl adjacent to an activating group) is 1. The van der Waals surface area contributed by atoms with E-state index in [1.807, 2.05) is 0 Å². The lowest BCUT2D eigenvalue weighted by Crippen LogP contribution is -2.46. The number of hydrogen-bond donors (Lipinski definition) is 2. The molecule has 23 heavy (non-hydrogen) atoms. The van der Waals surface area contributed by atoms with Crippen LogP contribution in [0.2, 0.25) is 0 Å². The van der Waals surface area contributed by atoms with Crippen LogP contribution in [0.3, 0.4) is 0 Å². The average molecular weight is 339 g/mol. The van der Waals surface area contributed by atoms with Crippen LogP contribution in [0, 0.1) is 5.92 Å². The lowest BCUT2D eigenvalue weighted by molar-refractivity contribution is -0.126. The van der Waals surface area contributed by atoms with Gasteiger partial charge in [0.15, 0.2) is 0 Å². The molecule has 0 spiro atoms. The number of carbonyl (C=O) groups is 2. The fourth-order valence-electron chi connectivity index (χ4n) is 2.58. The summed E-state index contributed by atoms with van der Waals surface area (Å²) in [5, 5.41) is 15.2. The van der Waals surface area contributed by atoms with Crippen molar-refractivity contribution in [3.63, 3.8) is 0 Å². The lowest BCUT2D eigenvalue weighted by atomic mass is 10.1. The van der Waals surface area contributed by atoms with E-state index in [4.69, 9.17) is 0 Å². The quantitative estimate of drug-likeness (QED) is 0.815. The maximum absolute atomic E-state index is 12.1. The molecule has 0 bridgehead atoms. The average Bonchev–Trinajstić information content (AvgIpc) is 2.76. The third-order valence-electron chi connectivity index (χ3n) is 3.73. The minimum atomic E-state index is -0.242. The molecule has 1 aliphatic heterocycles. The van der Waals surface area contributed by atoms with Gasteiger partial charge in [-0.2, -0.15) is 0 Å². The van der Waals surface area contributed by atoms with Gasteiger partial charge < -0.3 is 5.32 Å². The number of nitrogens with zero attached hydrogens (tertiary/aromatic N) is 3. The van der Waals surface area contributed by atoms with Gasteiger partial charge in [0, 0.05) is 13.0 Å². The summed E-state index contributed by atoms with van der Waals surface area (Å²) < 4.78 is 0. The standard InChI is InChI=1S/C15H25N5O2S/c1-10(2)8-13-18-19-15(23-13)17-12(21)9-20(3)11-6-4-5-7-16-14(11)22/h10-11H,4-9H2,1-3H3,(H,16,22)(H,17,19,21). The van der Waals surface area contributed by atoms with Gasteiger partial charge in [-0.1, -0.05) is 25.2 Å². The Morgan fingerprint density at radius 3 is 2.96 bits per heavy atom. The molecule has 1 aliphatic rings. The largest absolute Gasteiger partial charge is 0.355 e. The van der Waals surface area contributed by atoms with E-state index < -0.39 is 0 Å². The van der Waals surface area contributed by atoms with E-state index in [1.54, 1.807) is 11.9 Å². The van der Waals surface area contributed by atoms with Crippen molar-refractivity contribution in [2.75, 3.05) is 25.5 Å².